The van der Waals surface area contributed by atoms with E-state index < -0.39 is 0 Å². The van der Waals surface area contributed by atoms with Crippen molar-refractivity contribution in [2.45, 2.75) is 52.5 Å². The molecule has 0 unspecified atom stereocenters. The van der Waals surface area contributed by atoms with Gasteiger partial charge in [0.1, 0.15) is 0 Å². The lowest BCUT2D eigenvalue weighted by Gasteiger charge is -2.33. The predicted molar refractivity (Wildman–Crippen MR) is 67.3 cm³/mol. The van der Waals surface area contributed by atoms with Crippen LogP contribution in [-0.2, 0) is 4.79 Å². The van der Waals surface area contributed by atoms with Crippen LogP contribution in [0.4, 0.5) is 0 Å². The summed E-state index contributed by atoms with van der Waals surface area (Å²) in [5, 5.41) is 6.37. The molecule has 1 heterocycles. The van der Waals surface area contributed by atoms with E-state index in [9.17, 15) is 4.79 Å². The van der Waals surface area contributed by atoms with Gasteiger partial charge in [0, 0.05) is 24.2 Å². The Labute approximate surface area is 98.7 Å². The standard InChI is InChI=1S/C13H24N2O/c1-5-13(6-2,7-3)15-12(16)10(4)11-8-14-9-11/h14H,5-9H2,1-4H3,(H,15,16). The van der Waals surface area contributed by atoms with Crippen LogP contribution in [0.15, 0.2) is 11.1 Å². The van der Waals surface area contributed by atoms with Crippen molar-refractivity contribution in [3.05, 3.63) is 11.1 Å². The molecule has 2 N–H and O–H groups in total. The highest BCUT2D eigenvalue weighted by Crippen LogP contribution is 2.20. The van der Waals surface area contributed by atoms with Crippen LogP contribution in [0.2, 0.25) is 0 Å². The summed E-state index contributed by atoms with van der Waals surface area (Å²) in [6.07, 6.45) is 2.98. The first-order valence-corrected chi connectivity index (χ1v) is 6.30. The minimum Gasteiger partial charge on any atom is -0.347 e. The zero-order valence-electron chi connectivity index (χ0n) is 10.9. The molecule has 0 aromatic heterocycles. The number of hydrogen-bond donors (Lipinski definition) is 2. The molecular formula is C13H24N2O. The fraction of sp³-hybridized carbons (Fsp3) is 0.769. The average Bonchev–Trinajstić information content (AvgIpc) is 2.23. The summed E-state index contributed by atoms with van der Waals surface area (Å²) >= 11 is 0. The number of carbonyl (C=O) groups is 1. The van der Waals surface area contributed by atoms with Crippen LogP contribution < -0.4 is 10.6 Å². The van der Waals surface area contributed by atoms with Crippen molar-refractivity contribution in [1.82, 2.24) is 10.6 Å². The van der Waals surface area contributed by atoms with E-state index in [0.29, 0.717) is 0 Å². The van der Waals surface area contributed by atoms with Crippen molar-refractivity contribution in [1.29, 1.82) is 0 Å². The second-order valence-corrected chi connectivity index (χ2v) is 4.63. The summed E-state index contributed by atoms with van der Waals surface area (Å²) in [7, 11) is 0. The van der Waals surface area contributed by atoms with E-state index >= 15 is 0 Å². The lowest BCUT2D eigenvalue weighted by atomic mass is 9.89. The molecule has 0 atom stereocenters. The van der Waals surface area contributed by atoms with Crippen LogP contribution in [0.5, 0.6) is 0 Å². The Morgan fingerprint density at radius 1 is 1.25 bits per heavy atom. The molecule has 1 aliphatic rings. The van der Waals surface area contributed by atoms with Gasteiger partial charge in [-0.15, -0.1) is 0 Å². The smallest absolute Gasteiger partial charge is 0.247 e. The topological polar surface area (TPSA) is 41.1 Å². The molecule has 0 spiro atoms. The molecule has 0 aliphatic carbocycles. The van der Waals surface area contributed by atoms with Gasteiger partial charge in [-0.3, -0.25) is 4.79 Å². The number of amides is 1. The third kappa shape index (κ3) is 2.64. The van der Waals surface area contributed by atoms with Crippen LogP contribution >= 0.6 is 0 Å². The Morgan fingerprint density at radius 3 is 2.06 bits per heavy atom. The van der Waals surface area contributed by atoms with Gasteiger partial charge in [-0.25, -0.2) is 0 Å². The minimum atomic E-state index is -0.0178. The minimum absolute atomic E-state index is 0.0178. The summed E-state index contributed by atoms with van der Waals surface area (Å²) in [5.41, 5.74) is 2.13. The van der Waals surface area contributed by atoms with Crippen molar-refractivity contribution in [3.63, 3.8) is 0 Å². The second-order valence-electron chi connectivity index (χ2n) is 4.63. The van der Waals surface area contributed by atoms with E-state index in [4.69, 9.17) is 0 Å². The highest BCUT2D eigenvalue weighted by molar-refractivity contribution is 5.94. The number of nitrogens with one attached hydrogen (secondary N) is 2. The summed E-state index contributed by atoms with van der Waals surface area (Å²) in [6, 6.07) is 0. The molecule has 1 saturated heterocycles. The van der Waals surface area contributed by atoms with Crippen LogP contribution in [0.25, 0.3) is 0 Å². The molecule has 16 heavy (non-hydrogen) atoms. The Bertz CT molecular complexity index is 276. The van der Waals surface area contributed by atoms with Crippen LogP contribution in [0.1, 0.15) is 47.0 Å². The Hall–Kier alpha value is -0.830. The largest absolute Gasteiger partial charge is 0.347 e. The molecule has 0 aromatic carbocycles. The quantitative estimate of drug-likeness (QED) is 0.701. The molecule has 92 valence electrons. The van der Waals surface area contributed by atoms with Crippen LogP contribution in [0.3, 0.4) is 0 Å². The van der Waals surface area contributed by atoms with Gasteiger partial charge >= 0.3 is 0 Å². The van der Waals surface area contributed by atoms with Crippen LogP contribution in [0, 0.1) is 0 Å². The molecule has 0 saturated carbocycles. The zero-order chi connectivity index (χ0) is 12.2. The summed E-state index contributed by atoms with van der Waals surface area (Å²) < 4.78 is 0. The van der Waals surface area contributed by atoms with Gasteiger partial charge < -0.3 is 10.6 Å². The first-order chi connectivity index (χ1) is 7.58. The molecule has 0 aromatic rings. The van der Waals surface area contributed by atoms with E-state index in [1.54, 1.807) is 0 Å². The van der Waals surface area contributed by atoms with E-state index in [1.807, 2.05) is 6.92 Å². The lowest BCUT2D eigenvalue weighted by molar-refractivity contribution is -0.119. The molecule has 1 amide bonds. The summed E-state index contributed by atoms with van der Waals surface area (Å²) in [5.74, 6) is 0.113. The first-order valence-electron chi connectivity index (χ1n) is 6.30. The molecule has 1 fully saturated rings. The second kappa shape index (κ2) is 5.48. The number of rotatable bonds is 5. The number of carbonyl (C=O) groups excluding carboxylic acids is 1. The monoisotopic (exact) mass is 224 g/mol. The SMILES string of the molecule is CCC(CC)(CC)NC(=O)C(C)=C1CNC1. The Balaban J connectivity index is 2.68. The maximum absolute atomic E-state index is 12.1. The van der Waals surface area contributed by atoms with Crippen molar-refractivity contribution in [2.24, 2.45) is 0 Å². The molecular weight excluding hydrogens is 200 g/mol. The van der Waals surface area contributed by atoms with Gasteiger partial charge in [-0.1, -0.05) is 20.8 Å². The van der Waals surface area contributed by atoms with Crippen molar-refractivity contribution >= 4 is 5.91 Å². The zero-order valence-corrected chi connectivity index (χ0v) is 10.9. The molecule has 3 nitrogen and oxygen atoms in total. The first kappa shape index (κ1) is 13.2. The molecule has 1 rings (SSSR count). The highest BCUT2D eigenvalue weighted by atomic mass is 16.1. The highest BCUT2D eigenvalue weighted by Gasteiger charge is 2.27. The normalized spacial score (nSPS) is 15.6. The van der Waals surface area contributed by atoms with E-state index in [0.717, 1.165) is 37.9 Å². The third-order valence-corrected chi connectivity index (χ3v) is 3.96. The number of hydrogen-bond acceptors (Lipinski definition) is 2. The van der Waals surface area contributed by atoms with Crippen molar-refractivity contribution in [2.75, 3.05) is 13.1 Å². The van der Waals surface area contributed by atoms with Gasteiger partial charge in [-0.2, -0.15) is 0 Å². The van der Waals surface area contributed by atoms with Gasteiger partial charge in [0.05, 0.1) is 0 Å². The fourth-order valence-electron chi connectivity index (χ4n) is 2.03. The maximum atomic E-state index is 12.1. The molecule has 0 bridgehead atoms. The third-order valence-electron chi connectivity index (χ3n) is 3.96. The van der Waals surface area contributed by atoms with Crippen molar-refractivity contribution in [3.8, 4) is 0 Å². The van der Waals surface area contributed by atoms with E-state index in [-0.39, 0.29) is 11.4 Å². The Kier molecular flexibility index (Phi) is 4.54. The van der Waals surface area contributed by atoms with Gasteiger partial charge in [0.2, 0.25) is 5.91 Å². The molecule has 0 radical (unpaired) electrons. The molecule has 3 heteroatoms. The summed E-state index contributed by atoms with van der Waals surface area (Å²) in [4.78, 5) is 12.1. The van der Waals surface area contributed by atoms with Crippen molar-refractivity contribution < 1.29 is 4.79 Å². The fourth-order valence-corrected chi connectivity index (χ4v) is 2.03. The van der Waals surface area contributed by atoms with E-state index in [1.165, 1.54) is 5.57 Å². The van der Waals surface area contributed by atoms with Gasteiger partial charge in [0.25, 0.3) is 0 Å². The van der Waals surface area contributed by atoms with Gasteiger partial charge in [0.15, 0.2) is 0 Å². The average molecular weight is 224 g/mol. The predicted octanol–water partition coefficient (Wildman–Crippen LogP) is 1.99. The summed E-state index contributed by atoms with van der Waals surface area (Å²) in [6.45, 7) is 10.1. The molecule has 1 aliphatic heterocycles. The van der Waals surface area contributed by atoms with Crippen LogP contribution in [-0.4, -0.2) is 24.5 Å². The lowest BCUT2D eigenvalue weighted by Crippen LogP contribution is -2.48. The van der Waals surface area contributed by atoms with Gasteiger partial charge in [-0.05, 0) is 31.8 Å². The maximum Gasteiger partial charge on any atom is 0.247 e. The van der Waals surface area contributed by atoms with E-state index in [2.05, 4.69) is 31.4 Å². The Morgan fingerprint density at radius 2 is 1.75 bits per heavy atom.